The third kappa shape index (κ3) is 3.48. The first-order valence-electron chi connectivity index (χ1n) is 5.17. The van der Waals surface area contributed by atoms with Crippen LogP contribution in [0.3, 0.4) is 0 Å². The predicted octanol–water partition coefficient (Wildman–Crippen LogP) is 1.47. The summed E-state index contributed by atoms with van der Waals surface area (Å²) in [4.78, 5) is 0. The molecular weight excluding hydrogens is 172 g/mol. The topological polar surface area (TPSA) is 52.0 Å². The van der Waals surface area contributed by atoms with E-state index in [0.29, 0.717) is 0 Å². The van der Waals surface area contributed by atoms with Crippen LogP contribution in [0.1, 0.15) is 25.0 Å². The Morgan fingerprint density at radius 3 is 1.57 bits per heavy atom. The molecule has 0 aliphatic rings. The maximum absolute atomic E-state index is 5.79. The maximum Gasteiger partial charge on any atom is 0.00510 e. The molecule has 0 spiro atoms. The van der Waals surface area contributed by atoms with Crippen molar-refractivity contribution >= 4 is 0 Å². The van der Waals surface area contributed by atoms with E-state index in [9.17, 15) is 0 Å². The van der Waals surface area contributed by atoms with Crippen LogP contribution in [0.5, 0.6) is 0 Å². The second-order valence-corrected chi connectivity index (χ2v) is 4.13. The van der Waals surface area contributed by atoms with Gasteiger partial charge in [-0.2, -0.15) is 0 Å². The van der Waals surface area contributed by atoms with Crippen molar-refractivity contribution in [3.63, 3.8) is 0 Å². The molecule has 0 saturated heterocycles. The van der Waals surface area contributed by atoms with Gasteiger partial charge in [-0.15, -0.1) is 0 Å². The molecule has 2 atom stereocenters. The summed E-state index contributed by atoms with van der Waals surface area (Å²) in [5.74, 6) is 0. The van der Waals surface area contributed by atoms with Crippen LogP contribution in [0.2, 0.25) is 0 Å². The molecule has 2 unspecified atom stereocenters. The Morgan fingerprint density at radius 1 is 0.929 bits per heavy atom. The average molecular weight is 192 g/mol. The summed E-state index contributed by atoms with van der Waals surface area (Å²) >= 11 is 0. The first-order chi connectivity index (χ1) is 6.59. The van der Waals surface area contributed by atoms with Crippen LogP contribution in [0.4, 0.5) is 0 Å². The molecule has 0 aromatic heterocycles. The van der Waals surface area contributed by atoms with E-state index in [1.807, 2.05) is 13.8 Å². The molecule has 0 heterocycles. The highest BCUT2D eigenvalue weighted by Crippen LogP contribution is 2.12. The monoisotopic (exact) mass is 192 g/mol. The number of hydrogen-bond donors (Lipinski definition) is 2. The van der Waals surface area contributed by atoms with E-state index >= 15 is 0 Å². The van der Waals surface area contributed by atoms with E-state index in [2.05, 4.69) is 24.3 Å². The van der Waals surface area contributed by atoms with Crippen molar-refractivity contribution in [2.45, 2.75) is 38.8 Å². The fourth-order valence-electron chi connectivity index (χ4n) is 1.65. The molecule has 1 aromatic rings. The largest absolute Gasteiger partial charge is 0.328 e. The zero-order valence-corrected chi connectivity index (χ0v) is 9.03. The van der Waals surface area contributed by atoms with Gasteiger partial charge in [0.25, 0.3) is 0 Å². The first kappa shape index (κ1) is 11.2. The molecule has 4 N–H and O–H groups in total. The van der Waals surface area contributed by atoms with Gasteiger partial charge in [-0.3, -0.25) is 0 Å². The molecule has 1 aromatic carbocycles. The molecule has 14 heavy (non-hydrogen) atoms. The second kappa shape index (κ2) is 5.13. The number of nitrogens with two attached hydrogens (primary N) is 2. The molecule has 2 nitrogen and oxygen atoms in total. The molecule has 0 saturated carbocycles. The van der Waals surface area contributed by atoms with Crippen LogP contribution < -0.4 is 11.5 Å². The van der Waals surface area contributed by atoms with E-state index in [4.69, 9.17) is 11.5 Å². The summed E-state index contributed by atoms with van der Waals surface area (Å²) in [7, 11) is 0. The highest BCUT2D eigenvalue weighted by molar-refractivity contribution is 5.28. The van der Waals surface area contributed by atoms with Gasteiger partial charge in [0.1, 0.15) is 0 Å². The summed E-state index contributed by atoms with van der Waals surface area (Å²) in [5.41, 5.74) is 14.3. The standard InChI is InChI=1S/C12H20N2/c1-9(13)7-11-5-3-4-6-12(11)8-10(2)14/h3-6,9-10H,7-8,13-14H2,1-2H3. The molecule has 0 aliphatic heterocycles. The number of rotatable bonds is 4. The van der Waals surface area contributed by atoms with Gasteiger partial charge in [-0.1, -0.05) is 24.3 Å². The highest BCUT2D eigenvalue weighted by atomic mass is 14.6. The Labute approximate surface area is 86.3 Å². The SMILES string of the molecule is CC(N)Cc1ccccc1CC(C)N. The van der Waals surface area contributed by atoms with Crippen LogP contribution in [-0.4, -0.2) is 12.1 Å². The van der Waals surface area contributed by atoms with E-state index in [1.165, 1.54) is 11.1 Å². The minimum atomic E-state index is 0.212. The van der Waals surface area contributed by atoms with E-state index in [0.717, 1.165) is 12.8 Å². The Hall–Kier alpha value is -0.860. The van der Waals surface area contributed by atoms with Gasteiger partial charge in [-0.25, -0.2) is 0 Å². The predicted molar refractivity (Wildman–Crippen MR) is 61.1 cm³/mol. The third-order valence-corrected chi connectivity index (χ3v) is 2.20. The van der Waals surface area contributed by atoms with Crippen LogP contribution in [0, 0.1) is 0 Å². The zero-order valence-electron chi connectivity index (χ0n) is 9.03. The van der Waals surface area contributed by atoms with Gasteiger partial charge in [0.05, 0.1) is 0 Å². The summed E-state index contributed by atoms with van der Waals surface area (Å²) in [5, 5.41) is 0. The summed E-state index contributed by atoms with van der Waals surface area (Å²) in [6.07, 6.45) is 1.87. The highest BCUT2D eigenvalue weighted by Gasteiger charge is 2.05. The average Bonchev–Trinajstić information content (AvgIpc) is 2.06. The van der Waals surface area contributed by atoms with Crippen LogP contribution >= 0.6 is 0 Å². The normalized spacial score (nSPS) is 15.1. The molecule has 78 valence electrons. The van der Waals surface area contributed by atoms with Crippen LogP contribution in [-0.2, 0) is 12.8 Å². The fourth-order valence-corrected chi connectivity index (χ4v) is 1.65. The lowest BCUT2D eigenvalue weighted by Gasteiger charge is -2.13. The minimum Gasteiger partial charge on any atom is -0.328 e. The lowest BCUT2D eigenvalue weighted by atomic mass is 9.97. The molecule has 0 fully saturated rings. The van der Waals surface area contributed by atoms with Gasteiger partial charge in [0, 0.05) is 12.1 Å². The summed E-state index contributed by atoms with van der Waals surface area (Å²) in [6, 6.07) is 8.82. The van der Waals surface area contributed by atoms with Gasteiger partial charge in [-0.05, 0) is 37.8 Å². The van der Waals surface area contributed by atoms with Crippen molar-refractivity contribution in [1.29, 1.82) is 0 Å². The smallest absolute Gasteiger partial charge is 0.00510 e. The Balaban J connectivity index is 2.80. The fraction of sp³-hybridized carbons (Fsp3) is 0.500. The quantitative estimate of drug-likeness (QED) is 0.759. The minimum absolute atomic E-state index is 0.212. The van der Waals surface area contributed by atoms with Crippen molar-refractivity contribution in [1.82, 2.24) is 0 Å². The van der Waals surface area contributed by atoms with Crippen molar-refractivity contribution in [3.8, 4) is 0 Å². The summed E-state index contributed by atoms with van der Waals surface area (Å²) in [6.45, 7) is 4.06. The molecule has 1 rings (SSSR count). The van der Waals surface area contributed by atoms with Gasteiger partial charge in [0.15, 0.2) is 0 Å². The second-order valence-electron chi connectivity index (χ2n) is 4.13. The van der Waals surface area contributed by atoms with Crippen molar-refractivity contribution in [2.75, 3.05) is 0 Å². The number of benzene rings is 1. The van der Waals surface area contributed by atoms with E-state index in [-0.39, 0.29) is 12.1 Å². The van der Waals surface area contributed by atoms with Gasteiger partial charge >= 0.3 is 0 Å². The lowest BCUT2D eigenvalue weighted by molar-refractivity contribution is 0.702. The van der Waals surface area contributed by atoms with Crippen molar-refractivity contribution in [2.24, 2.45) is 11.5 Å². The molecule has 0 bridgehead atoms. The third-order valence-electron chi connectivity index (χ3n) is 2.20. The zero-order chi connectivity index (χ0) is 10.6. The maximum atomic E-state index is 5.79. The van der Waals surface area contributed by atoms with E-state index in [1.54, 1.807) is 0 Å². The lowest BCUT2D eigenvalue weighted by Crippen LogP contribution is -2.22. The Kier molecular flexibility index (Phi) is 4.11. The van der Waals surface area contributed by atoms with Crippen LogP contribution in [0.25, 0.3) is 0 Å². The number of hydrogen-bond acceptors (Lipinski definition) is 2. The molecular formula is C12H20N2. The Morgan fingerprint density at radius 2 is 1.29 bits per heavy atom. The molecule has 0 aliphatic carbocycles. The van der Waals surface area contributed by atoms with E-state index < -0.39 is 0 Å². The van der Waals surface area contributed by atoms with Crippen molar-refractivity contribution in [3.05, 3.63) is 35.4 Å². The van der Waals surface area contributed by atoms with Crippen molar-refractivity contribution < 1.29 is 0 Å². The van der Waals surface area contributed by atoms with Gasteiger partial charge < -0.3 is 11.5 Å². The van der Waals surface area contributed by atoms with Gasteiger partial charge in [0.2, 0.25) is 0 Å². The van der Waals surface area contributed by atoms with Crippen LogP contribution in [0.15, 0.2) is 24.3 Å². The molecule has 2 heteroatoms. The Bertz CT molecular complexity index is 250. The summed E-state index contributed by atoms with van der Waals surface area (Å²) < 4.78 is 0. The molecule has 0 radical (unpaired) electrons. The first-order valence-corrected chi connectivity index (χ1v) is 5.17. The molecule has 0 amide bonds.